The average Bonchev–Trinajstić information content (AvgIpc) is 2.93. The summed E-state index contributed by atoms with van der Waals surface area (Å²) in [4.78, 5) is 14.5. The SMILES string of the molecule is CCC1OCCC1CNc1c([N+](=O)[O-])nc(C)n1C. The monoisotopic (exact) mass is 268 g/mol. The van der Waals surface area contributed by atoms with E-state index in [1.165, 1.54) is 0 Å². The minimum absolute atomic E-state index is 0.105. The molecule has 1 aromatic rings. The highest BCUT2D eigenvalue weighted by Crippen LogP contribution is 2.27. The first-order chi connectivity index (χ1) is 9.04. The van der Waals surface area contributed by atoms with E-state index in [4.69, 9.17) is 4.74 Å². The second-order valence-corrected chi connectivity index (χ2v) is 4.89. The molecular formula is C12H20N4O3. The summed E-state index contributed by atoms with van der Waals surface area (Å²) in [6, 6.07) is 0. The molecule has 1 saturated heterocycles. The Morgan fingerprint density at radius 1 is 1.63 bits per heavy atom. The molecule has 1 N–H and O–H groups in total. The van der Waals surface area contributed by atoms with E-state index in [2.05, 4.69) is 17.2 Å². The molecule has 0 aromatic carbocycles. The minimum Gasteiger partial charge on any atom is -0.378 e. The predicted octanol–water partition coefficient (Wildman–Crippen LogP) is 1.86. The maximum absolute atomic E-state index is 11.0. The third-order valence-corrected chi connectivity index (χ3v) is 3.75. The number of nitrogens with one attached hydrogen (secondary N) is 1. The van der Waals surface area contributed by atoms with Crippen molar-refractivity contribution in [3.8, 4) is 0 Å². The Kier molecular flexibility index (Phi) is 4.04. The van der Waals surface area contributed by atoms with Crippen LogP contribution in [0.2, 0.25) is 0 Å². The van der Waals surface area contributed by atoms with Gasteiger partial charge in [-0.1, -0.05) is 6.92 Å². The van der Waals surface area contributed by atoms with Crippen molar-refractivity contribution in [1.82, 2.24) is 9.55 Å². The van der Waals surface area contributed by atoms with E-state index in [-0.39, 0.29) is 11.9 Å². The van der Waals surface area contributed by atoms with Crippen LogP contribution in [0.4, 0.5) is 11.6 Å². The summed E-state index contributed by atoms with van der Waals surface area (Å²) in [5.74, 6) is 1.40. The summed E-state index contributed by atoms with van der Waals surface area (Å²) in [5.41, 5.74) is 0. The molecule has 0 aliphatic carbocycles. The summed E-state index contributed by atoms with van der Waals surface area (Å²) < 4.78 is 7.34. The van der Waals surface area contributed by atoms with Gasteiger partial charge >= 0.3 is 5.82 Å². The molecule has 0 spiro atoms. The van der Waals surface area contributed by atoms with Gasteiger partial charge in [-0.3, -0.25) is 4.57 Å². The van der Waals surface area contributed by atoms with Gasteiger partial charge in [0.2, 0.25) is 11.6 Å². The molecule has 7 nitrogen and oxygen atoms in total. The van der Waals surface area contributed by atoms with Crippen LogP contribution in [0.25, 0.3) is 0 Å². The molecule has 106 valence electrons. The molecule has 0 radical (unpaired) electrons. The summed E-state index contributed by atoms with van der Waals surface area (Å²) in [5, 5.41) is 14.1. The van der Waals surface area contributed by atoms with Gasteiger partial charge in [0.15, 0.2) is 0 Å². The second-order valence-electron chi connectivity index (χ2n) is 4.89. The number of nitrogens with zero attached hydrogens (tertiary/aromatic N) is 3. The lowest BCUT2D eigenvalue weighted by Crippen LogP contribution is -2.23. The van der Waals surface area contributed by atoms with Crippen LogP contribution >= 0.6 is 0 Å². The number of ether oxygens (including phenoxy) is 1. The number of hydrogen-bond acceptors (Lipinski definition) is 5. The van der Waals surface area contributed by atoms with Crippen molar-refractivity contribution in [2.75, 3.05) is 18.5 Å². The number of anilines is 1. The van der Waals surface area contributed by atoms with Crippen molar-refractivity contribution in [2.24, 2.45) is 13.0 Å². The highest BCUT2D eigenvalue weighted by Gasteiger charge is 2.29. The molecule has 2 atom stereocenters. The molecule has 1 aliphatic heterocycles. The molecule has 1 aromatic heterocycles. The Hall–Kier alpha value is -1.63. The van der Waals surface area contributed by atoms with Crippen molar-refractivity contribution >= 4 is 11.6 Å². The van der Waals surface area contributed by atoms with E-state index in [0.717, 1.165) is 19.4 Å². The van der Waals surface area contributed by atoms with E-state index in [1.54, 1.807) is 18.5 Å². The van der Waals surface area contributed by atoms with Crippen molar-refractivity contribution in [1.29, 1.82) is 0 Å². The lowest BCUT2D eigenvalue weighted by Gasteiger charge is -2.17. The van der Waals surface area contributed by atoms with Crippen LogP contribution in [-0.4, -0.2) is 33.7 Å². The van der Waals surface area contributed by atoms with Crippen LogP contribution in [0.5, 0.6) is 0 Å². The number of rotatable bonds is 5. The largest absolute Gasteiger partial charge is 0.406 e. The number of nitro groups is 1. The zero-order chi connectivity index (χ0) is 14.0. The van der Waals surface area contributed by atoms with Gasteiger partial charge < -0.3 is 20.2 Å². The Bertz CT molecular complexity index is 472. The van der Waals surface area contributed by atoms with Gasteiger partial charge in [-0.15, -0.1) is 0 Å². The van der Waals surface area contributed by atoms with E-state index >= 15 is 0 Å². The van der Waals surface area contributed by atoms with E-state index < -0.39 is 4.92 Å². The molecular weight excluding hydrogens is 248 g/mol. The first kappa shape index (κ1) is 13.8. The molecule has 7 heteroatoms. The van der Waals surface area contributed by atoms with Crippen molar-refractivity contribution in [2.45, 2.75) is 32.8 Å². The lowest BCUT2D eigenvalue weighted by molar-refractivity contribution is -0.388. The van der Waals surface area contributed by atoms with Gasteiger partial charge in [-0.2, -0.15) is 0 Å². The van der Waals surface area contributed by atoms with Crippen LogP contribution in [0.1, 0.15) is 25.6 Å². The standard InChI is InChI=1S/C12H20N4O3/c1-4-10-9(5-6-19-10)7-13-11-12(16(17)18)14-8(2)15(11)3/h9-10,13H,4-7H2,1-3H3. The Morgan fingerprint density at radius 3 is 3.00 bits per heavy atom. The Balaban J connectivity index is 2.09. The minimum atomic E-state index is -0.447. The molecule has 0 saturated carbocycles. The highest BCUT2D eigenvalue weighted by atomic mass is 16.6. The molecule has 19 heavy (non-hydrogen) atoms. The van der Waals surface area contributed by atoms with Gasteiger partial charge in [0.1, 0.15) is 0 Å². The van der Waals surface area contributed by atoms with Crippen molar-refractivity contribution < 1.29 is 9.66 Å². The van der Waals surface area contributed by atoms with Crippen LogP contribution in [-0.2, 0) is 11.8 Å². The van der Waals surface area contributed by atoms with Gasteiger partial charge in [0.25, 0.3) is 0 Å². The topological polar surface area (TPSA) is 82.2 Å². The lowest BCUT2D eigenvalue weighted by atomic mass is 10.00. The zero-order valence-electron chi connectivity index (χ0n) is 11.5. The summed E-state index contributed by atoms with van der Waals surface area (Å²) in [6.45, 7) is 5.31. The van der Waals surface area contributed by atoms with E-state index in [0.29, 0.717) is 24.1 Å². The fourth-order valence-electron chi connectivity index (χ4n) is 2.52. The van der Waals surface area contributed by atoms with Crippen LogP contribution < -0.4 is 5.32 Å². The van der Waals surface area contributed by atoms with E-state index in [1.807, 2.05) is 0 Å². The Morgan fingerprint density at radius 2 is 2.37 bits per heavy atom. The van der Waals surface area contributed by atoms with Gasteiger partial charge in [-0.25, -0.2) is 0 Å². The fraction of sp³-hybridized carbons (Fsp3) is 0.750. The van der Waals surface area contributed by atoms with Crippen LogP contribution in [0, 0.1) is 23.0 Å². The third-order valence-electron chi connectivity index (χ3n) is 3.75. The second kappa shape index (κ2) is 5.56. The predicted molar refractivity (Wildman–Crippen MR) is 71.2 cm³/mol. The molecule has 1 fully saturated rings. The third kappa shape index (κ3) is 2.70. The molecule has 2 unspecified atom stereocenters. The molecule has 0 amide bonds. The smallest absolute Gasteiger partial charge is 0.378 e. The summed E-state index contributed by atoms with van der Waals surface area (Å²) >= 11 is 0. The number of aryl methyl sites for hydroxylation is 1. The first-order valence-corrected chi connectivity index (χ1v) is 6.57. The van der Waals surface area contributed by atoms with Gasteiger partial charge in [0.05, 0.1) is 6.10 Å². The van der Waals surface area contributed by atoms with E-state index in [9.17, 15) is 10.1 Å². The van der Waals surface area contributed by atoms with Crippen LogP contribution in [0.15, 0.2) is 0 Å². The quantitative estimate of drug-likeness (QED) is 0.651. The maximum Gasteiger partial charge on any atom is 0.406 e. The summed E-state index contributed by atoms with van der Waals surface area (Å²) in [6.07, 6.45) is 2.22. The van der Waals surface area contributed by atoms with Crippen molar-refractivity contribution in [3.05, 3.63) is 15.9 Å². The molecule has 2 rings (SSSR count). The normalized spacial score (nSPS) is 22.7. The van der Waals surface area contributed by atoms with Crippen molar-refractivity contribution in [3.63, 3.8) is 0 Å². The zero-order valence-corrected chi connectivity index (χ0v) is 11.5. The van der Waals surface area contributed by atoms with Crippen LogP contribution in [0.3, 0.4) is 0 Å². The summed E-state index contributed by atoms with van der Waals surface area (Å²) in [7, 11) is 1.78. The van der Waals surface area contributed by atoms with Gasteiger partial charge in [-0.05, 0) is 22.7 Å². The molecule has 0 bridgehead atoms. The first-order valence-electron chi connectivity index (χ1n) is 6.57. The number of hydrogen-bond donors (Lipinski definition) is 1. The average molecular weight is 268 g/mol. The number of aromatic nitrogens is 2. The maximum atomic E-state index is 11.0. The van der Waals surface area contributed by atoms with Gasteiger partial charge in [0, 0.05) is 33.0 Å². The molecule has 2 heterocycles. The fourth-order valence-corrected chi connectivity index (χ4v) is 2.52. The molecule has 1 aliphatic rings. The Labute approximate surface area is 112 Å². The highest BCUT2D eigenvalue weighted by molar-refractivity contribution is 5.53. The number of imidazole rings is 1.